The lowest BCUT2D eigenvalue weighted by molar-refractivity contribution is -0.222. The van der Waals surface area contributed by atoms with Crippen LogP contribution < -0.4 is 0 Å². The zero-order chi connectivity index (χ0) is 18.1. The number of hydrogen-bond donors (Lipinski definition) is 1. The van der Waals surface area contributed by atoms with Crippen molar-refractivity contribution in [3.8, 4) is 0 Å². The van der Waals surface area contributed by atoms with Crippen LogP contribution >= 0.6 is 0 Å². The number of carbonyl (C=O) groups is 2. The Hall–Kier alpha value is -1.58. The summed E-state index contributed by atoms with van der Waals surface area (Å²) in [5.41, 5.74) is -2.41. The third kappa shape index (κ3) is 5.52. The number of carbonyl (C=O) groups excluding carboxylic acids is 1. The van der Waals surface area contributed by atoms with Gasteiger partial charge in [-0.1, -0.05) is 0 Å². The molecule has 1 aliphatic rings. The lowest BCUT2D eigenvalue weighted by Gasteiger charge is -2.49. The first-order chi connectivity index (χ1) is 10.3. The second-order valence-corrected chi connectivity index (χ2v) is 6.44. The minimum Gasteiger partial charge on any atom is -0.481 e. The average molecular weight is 345 g/mol. The van der Waals surface area contributed by atoms with Crippen molar-refractivity contribution in [3.63, 3.8) is 0 Å². The largest absolute Gasteiger partial charge is 0.481 e. The number of amides is 1. The predicted molar refractivity (Wildman–Crippen MR) is 69.7 cm³/mol. The molecule has 1 amide bonds. The SMILES string of the molecule is CC(C)(C)OC(=O)N1CC(CC(=O)O)(OCC(F)(F)C(F)F)C1. The lowest BCUT2D eigenvalue weighted by atomic mass is 9.90. The highest BCUT2D eigenvalue weighted by molar-refractivity contribution is 5.72. The van der Waals surface area contributed by atoms with E-state index in [1.807, 2.05) is 0 Å². The Morgan fingerprint density at radius 3 is 2.17 bits per heavy atom. The quantitative estimate of drug-likeness (QED) is 0.748. The highest BCUT2D eigenvalue weighted by Crippen LogP contribution is 2.33. The molecule has 1 rings (SSSR count). The first-order valence-electron chi connectivity index (χ1n) is 6.76. The van der Waals surface area contributed by atoms with E-state index in [-0.39, 0.29) is 13.1 Å². The van der Waals surface area contributed by atoms with Gasteiger partial charge in [0.15, 0.2) is 0 Å². The van der Waals surface area contributed by atoms with Gasteiger partial charge < -0.3 is 19.5 Å². The molecule has 23 heavy (non-hydrogen) atoms. The molecule has 1 fully saturated rings. The topological polar surface area (TPSA) is 76.1 Å². The molecule has 1 aliphatic heterocycles. The van der Waals surface area contributed by atoms with Crippen LogP contribution in [0.5, 0.6) is 0 Å². The Morgan fingerprint density at radius 1 is 1.26 bits per heavy atom. The highest BCUT2D eigenvalue weighted by atomic mass is 19.3. The van der Waals surface area contributed by atoms with Crippen LogP contribution in [0.2, 0.25) is 0 Å². The highest BCUT2D eigenvalue weighted by Gasteiger charge is 2.52. The molecule has 0 aliphatic carbocycles. The van der Waals surface area contributed by atoms with Crippen LogP contribution in [-0.2, 0) is 14.3 Å². The van der Waals surface area contributed by atoms with Crippen molar-refractivity contribution in [2.45, 2.75) is 50.7 Å². The first-order valence-corrected chi connectivity index (χ1v) is 6.76. The van der Waals surface area contributed by atoms with Crippen molar-refractivity contribution < 1.29 is 41.7 Å². The van der Waals surface area contributed by atoms with E-state index in [1.54, 1.807) is 20.8 Å². The van der Waals surface area contributed by atoms with Gasteiger partial charge >= 0.3 is 24.4 Å². The van der Waals surface area contributed by atoms with Crippen LogP contribution in [0.15, 0.2) is 0 Å². The number of aliphatic carboxylic acids is 1. The van der Waals surface area contributed by atoms with Gasteiger partial charge in [-0.3, -0.25) is 4.79 Å². The summed E-state index contributed by atoms with van der Waals surface area (Å²) >= 11 is 0. The second kappa shape index (κ2) is 6.50. The van der Waals surface area contributed by atoms with E-state index in [1.165, 1.54) is 0 Å². The summed E-state index contributed by atoms with van der Waals surface area (Å²) in [4.78, 5) is 23.6. The fourth-order valence-corrected chi connectivity index (χ4v) is 1.95. The molecular formula is C13H19F4NO5. The van der Waals surface area contributed by atoms with Crippen molar-refractivity contribution in [3.05, 3.63) is 0 Å². The summed E-state index contributed by atoms with van der Waals surface area (Å²) in [5, 5.41) is 8.81. The van der Waals surface area contributed by atoms with Gasteiger partial charge in [-0.05, 0) is 20.8 Å². The molecular weight excluding hydrogens is 326 g/mol. The number of carboxylic acid groups (broad SMARTS) is 1. The van der Waals surface area contributed by atoms with Crippen molar-refractivity contribution in [2.75, 3.05) is 19.7 Å². The van der Waals surface area contributed by atoms with Crippen LogP contribution in [-0.4, -0.2) is 65.3 Å². The van der Waals surface area contributed by atoms with Crippen molar-refractivity contribution >= 4 is 12.1 Å². The van der Waals surface area contributed by atoms with E-state index in [0.29, 0.717) is 0 Å². The second-order valence-electron chi connectivity index (χ2n) is 6.44. The van der Waals surface area contributed by atoms with E-state index >= 15 is 0 Å². The average Bonchev–Trinajstić information content (AvgIpc) is 2.28. The van der Waals surface area contributed by atoms with Crippen LogP contribution in [0.1, 0.15) is 27.2 Å². The van der Waals surface area contributed by atoms with Gasteiger partial charge in [0.05, 0.1) is 19.5 Å². The number of rotatable bonds is 6. The number of likely N-dealkylation sites (tertiary alicyclic amines) is 1. The molecule has 0 saturated carbocycles. The number of halogens is 4. The summed E-state index contributed by atoms with van der Waals surface area (Å²) in [6.45, 7) is 2.58. The molecule has 0 bridgehead atoms. The Labute approximate surface area is 130 Å². The smallest absolute Gasteiger partial charge is 0.410 e. The maximum atomic E-state index is 12.9. The van der Waals surface area contributed by atoms with Crippen LogP contribution in [0.3, 0.4) is 0 Å². The Kier molecular flexibility index (Phi) is 5.50. The molecule has 0 unspecified atom stereocenters. The number of carboxylic acids is 1. The number of ether oxygens (including phenoxy) is 2. The first kappa shape index (κ1) is 19.5. The van der Waals surface area contributed by atoms with Gasteiger partial charge in [-0.25, -0.2) is 13.6 Å². The molecule has 0 aromatic carbocycles. The Balaban J connectivity index is 2.67. The van der Waals surface area contributed by atoms with Gasteiger partial charge in [0.2, 0.25) is 0 Å². The maximum Gasteiger partial charge on any atom is 0.410 e. The standard InChI is InChI=1S/C13H19F4NO5/c1-11(2,3)23-10(21)18-5-12(6-18,4-8(19)20)22-7-13(16,17)9(14)15/h9H,4-7H2,1-3H3,(H,19,20). The zero-order valence-corrected chi connectivity index (χ0v) is 12.9. The van der Waals surface area contributed by atoms with Crippen LogP contribution in [0.4, 0.5) is 22.4 Å². The molecule has 1 heterocycles. The van der Waals surface area contributed by atoms with Crippen LogP contribution in [0, 0.1) is 0 Å². The molecule has 1 N–H and O–H groups in total. The minimum atomic E-state index is -4.39. The molecule has 0 radical (unpaired) electrons. The third-order valence-electron chi connectivity index (χ3n) is 2.97. The molecule has 134 valence electrons. The maximum absolute atomic E-state index is 12.9. The molecule has 10 heteroatoms. The van der Waals surface area contributed by atoms with E-state index < -0.39 is 48.6 Å². The fraction of sp³-hybridized carbons (Fsp3) is 0.846. The van der Waals surface area contributed by atoms with Gasteiger partial charge in [-0.15, -0.1) is 0 Å². The summed E-state index contributed by atoms with van der Waals surface area (Å²) in [7, 11) is 0. The normalized spacial score (nSPS) is 17.8. The molecule has 0 atom stereocenters. The van der Waals surface area contributed by atoms with Gasteiger partial charge in [0, 0.05) is 0 Å². The summed E-state index contributed by atoms with van der Waals surface area (Å²) in [5.74, 6) is -5.74. The lowest BCUT2D eigenvalue weighted by Crippen LogP contribution is -2.66. The van der Waals surface area contributed by atoms with Crippen molar-refractivity contribution in [1.82, 2.24) is 4.90 Å². The molecule has 0 aromatic heterocycles. The third-order valence-corrected chi connectivity index (χ3v) is 2.97. The Morgan fingerprint density at radius 2 is 1.78 bits per heavy atom. The Bertz CT molecular complexity index is 458. The number of nitrogens with zero attached hydrogens (tertiary/aromatic N) is 1. The molecule has 0 aromatic rings. The summed E-state index contributed by atoms with van der Waals surface area (Å²) < 4.78 is 59.9. The van der Waals surface area contributed by atoms with Gasteiger partial charge in [0.1, 0.15) is 17.8 Å². The van der Waals surface area contributed by atoms with Gasteiger partial charge in [0.25, 0.3) is 0 Å². The molecule has 6 nitrogen and oxygen atoms in total. The predicted octanol–water partition coefficient (Wildman–Crippen LogP) is 2.37. The minimum absolute atomic E-state index is 0.326. The van der Waals surface area contributed by atoms with E-state index in [0.717, 1.165) is 4.90 Å². The van der Waals surface area contributed by atoms with E-state index in [2.05, 4.69) is 0 Å². The van der Waals surface area contributed by atoms with Crippen LogP contribution in [0.25, 0.3) is 0 Å². The molecule has 0 spiro atoms. The van der Waals surface area contributed by atoms with Crippen molar-refractivity contribution in [1.29, 1.82) is 0 Å². The van der Waals surface area contributed by atoms with E-state index in [4.69, 9.17) is 14.6 Å². The number of alkyl halides is 4. The number of hydrogen-bond acceptors (Lipinski definition) is 4. The fourth-order valence-electron chi connectivity index (χ4n) is 1.95. The van der Waals surface area contributed by atoms with E-state index in [9.17, 15) is 27.2 Å². The summed E-state index contributed by atoms with van der Waals surface area (Å²) in [6.07, 6.45) is -5.37. The van der Waals surface area contributed by atoms with Crippen molar-refractivity contribution in [2.24, 2.45) is 0 Å². The molecule has 1 saturated heterocycles. The summed E-state index contributed by atoms with van der Waals surface area (Å²) in [6, 6.07) is 0. The van der Waals surface area contributed by atoms with Gasteiger partial charge in [-0.2, -0.15) is 8.78 Å². The zero-order valence-electron chi connectivity index (χ0n) is 12.9. The monoisotopic (exact) mass is 345 g/mol.